The van der Waals surface area contributed by atoms with Crippen LogP contribution in [0, 0.1) is 17.3 Å². The average Bonchev–Trinajstić information content (AvgIpc) is 2.76. The molecule has 3 aliphatic carbocycles. The van der Waals surface area contributed by atoms with E-state index in [0.29, 0.717) is 12.1 Å². The summed E-state index contributed by atoms with van der Waals surface area (Å²) >= 11 is 0. The Bertz CT molecular complexity index is 1260. The van der Waals surface area contributed by atoms with Crippen molar-refractivity contribution >= 4 is 23.2 Å². The number of Topliss-reactive ketones (excluding diaryl/α,β-unsaturated/α-hetero) is 2. The van der Waals surface area contributed by atoms with E-state index in [2.05, 4.69) is 26.1 Å². The van der Waals surface area contributed by atoms with Gasteiger partial charge in [-0.3, -0.25) is 19.3 Å². The van der Waals surface area contributed by atoms with E-state index >= 15 is 0 Å². The second kappa shape index (κ2) is 8.97. The first kappa shape index (κ1) is 26.8. The van der Waals surface area contributed by atoms with E-state index in [1.807, 2.05) is 0 Å². The highest BCUT2D eigenvalue weighted by molar-refractivity contribution is 6.24. The summed E-state index contributed by atoms with van der Waals surface area (Å²) in [5.41, 5.74) is 3.40. The Hall–Kier alpha value is -3.21. The smallest absolute Gasteiger partial charge is 0.255 e. The van der Waals surface area contributed by atoms with Crippen LogP contribution in [0.3, 0.4) is 0 Å². The molecule has 4 atom stereocenters. The van der Waals surface area contributed by atoms with Gasteiger partial charge in [-0.25, -0.2) is 0 Å². The van der Waals surface area contributed by atoms with Crippen LogP contribution in [0.2, 0.25) is 0 Å². The highest BCUT2D eigenvalue weighted by atomic mass is 16.3. The first-order valence-electron chi connectivity index (χ1n) is 12.3. The molecule has 0 radical (unpaired) electrons. The Morgan fingerprint density at radius 3 is 2.41 bits per heavy atom. The van der Waals surface area contributed by atoms with Gasteiger partial charge in [-0.15, -0.1) is 0 Å². The van der Waals surface area contributed by atoms with Crippen LogP contribution in [-0.4, -0.2) is 75.1 Å². The van der Waals surface area contributed by atoms with E-state index in [-0.39, 0.29) is 35.1 Å². The summed E-state index contributed by atoms with van der Waals surface area (Å²) < 4.78 is 0. The van der Waals surface area contributed by atoms with Crippen LogP contribution in [0.5, 0.6) is 5.75 Å². The van der Waals surface area contributed by atoms with Gasteiger partial charge in [0, 0.05) is 24.6 Å². The van der Waals surface area contributed by atoms with Crippen molar-refractivity contribution in [2.45, 2.75) is 51.8 Å². The molecule has 0 unspecified atom stereocenters. The zero-order valence-corrected chi connectivity index (χ0v) is 21.8. The SMILES string of the molecule is CN(C)[C@H]1C(=O)C(C(N)=O)=C(O)[C@@]2(O)C(=O)C3=C(O)c4c(O)ccc(CNCC(C)(C)C)c4C[C@H]3C[C@@H]12. The molecule has 1 fully saturated rings. The topological polar surface area (TPSA) is 173 Å². The van der Waals surface area contributed by atoms with Gasteiger partial charge >= 0.3 is 0 Å². The molecule has 0 heterocycles. The summed E-state index contributed by atoms with van der Waals surface area (Å²) in [4.78, 5) is 40.5. The zero-order chi connectivity index (χ0) is 27.6. The van der Waals surface area contributed by atoms with Crippen LogP contribution < -0.4 is 11.1 Å². The summed E-state index contributed by atoms with van der Waals surface area (Å²) in [6.07, 6.45) is 0.339. The number of nitrogens with two attached hydrogens (primary N) is 1. The van der Waals surface area contributed by atoms with E-state index in [0.717, 1.165) is 12.1 Å². The molecule has 1 aromatic carbocycles. The number of likely N-dealkylation sites (N-methyl/N-ethyl adjacent to an activating group) is 1. The molecule has 1 saturated carbocycles. The number of phenols is 1. The third-order valence-electron chi connectivity index (χ3n) is 7.67. The fourth-order valence-electron chi connectivity index (χ4n) is 6.05. The number of carbonyl (C=O) groups excluding carboxylic acids is 3. The number of amides is 1. The van der Waals surface area contributed by atoms with Gasteiger partial charge in [0.2, 0.25) is 5.78 Å². The molecule has 10 nitrogen and oxygen atoms in total. The predicted molar refractivity (Wildman–Crippen MR) is 135 cm³/mol. The summed E-state index contributed by atoms with van der Waals surface area (Å²) in [5, 5.41) is 47.8. The lowest BCUT2D eigenvalue weighted by Crippen LogP contribution is -2.65. The summed E-state index contributed by atoms with van der Waals surface area (Å²) in [5.74, 6) is -6.51. The Morgan fingerprint density at radius 1 is 1.19 bits per heavy atom. The first-order chi connectivity index (χ1) is 17.1. The Kier molecular flexibility index (Phi) is 6.51. The molecule has 0 aliphatic heterocycles. The standard InChI is InChI=1S/C27H35N3O7/c1-26(2,3)11-29-10-12-6-7-16(31)18-14(12)8-13-9-15-20(30(4)5)22(33)19(25(28)36)24(35)27(15,37)23(34)17(13)21(18)32/h6-7,13,15,20,29,31-32,35,37H,8-11H2,1-5H3,(H2,28,36)/t13-,15-,20+,27-/m0/s1. The molecule has 37 heavy (non-hydrogen) atoms. The van der Waals surface area contributed by atoms with Crippen molar-refractivity contribution < 1.29 is 34.8 Å². The van der Waals surface area contributed by atoms with Crippen LogP contribution in [0.4, 0.5) is 0 Å². The van der Waals surface area contributed by atoms with E-state index in [9.17, 15) is 34.8 Å². The molecular weight excluding hydrogens is 478 g/mol. The number of aromatic hydroxyl groups is 1. The van der Waals surface area contributed by atoms with Crippen molar-refractivity contribution in [2.75, 3.05) is 20.6 Å². The van der Waals surface area contributed by atoms with E-state index < -0.39 is 58.0 Å². The summed E-state index contributed by atoms with van der Waals surface area (Å²) in [6.45, 7) is 7.50. The average molecular weight is 514 g/mol. The number of aliphatic hydroxyl groups is 3. The second-order valence-electron chi connectivity index (χ2n) is 11.7. The van der Waals surface area contributed by atoms with Crippen molar-refractivity contribution in [1.82, 2.24) is 10.2 Å². The maximum Gasteiger partial charge on any atom is 0.255 e. The number of rotatable bonds is 5. The van der Waals surface area contributed by atoms with Gasteiger partial charge in [0.05, 0.1) is 11.6 Å². The van der Waals surface area contributed by atoms with Gasteiger partial charge in [-0.05, 0) is 55.5 Å². The van der Waals surface area contributed by atoms with Crippen molar-refractivity contribution in [3.05, 3.63) is 45.7 Å². The molecule has 200 valence electrons. The molecule has 3 aliphatic rings. The normalized spacial score (nSPS) is 27.8. The number of hydrogen-bond acceptors (Lipinski definition) is 9. The third-order valence-corrected chi connectivity index (χ3v) is 7.67. The molecular formula is C27H35N3O7. The monoisotopic (exact) mass is 513 g/mol. The van der Waals surface area contributed by atoms with Crippen molar-refractivity contribution in [3.63, 3.8) is 0 Å². The lowest BCUT2D eigenvalue weighted by Gasteiger charge is -2.50. The molecule has 7 N–H and O–H groups in total. The Morgan fingerprint density at radius 2 is 1.84 bits per heavy atom. The minimum Gasteiger partial charge on any atom is -0.508 e. The van der Waals surface area contributed by atoms with Crippen LogP contribution in [0.25, 0.3) is 5.76 Å². The zero-order valence-electron chi connectivity index (χ0n) is 21.8. The Balaban J connectivity index is 1.86. The molecule has 1 amide bonds. The highest BCUT2D eigenvalue weighted by Crippen LogP contribution is 2.52. The number of hydrogen-bond donors (Lipinski definition) is 6. The molecule has 10 heteroatoms. The van der Waals surface area contributed by atoms with Crippen LogP contribution in [-0.2, 0) is 27.3 Å². The van der Waals surface area contributed by atoms with E-state index in [1.165, 1.54) is 11.0 Å². The number of carbonyl (C=O) groups is 3. The van der Waals surface area contributed by atoms with Gasteiger partial charge in [0.1, 0.15) is 22.8 Å². The number of phenolic OH excluding ortho intramolecular Hbond substituents is 1. The number of fused-ring (bicyclic) bond motifs is 3. The number of ketones is 2. The quantitative estimate of drug-likeness (QED) is 0.315. The molecule has 0 bridgehead atoms. The Labute approximate surface area is 215 Å². The van der Waals surface area contributed by atoms with Gasteiger partial charge in [-0.2, -0.15) is 0 Å². The largest absolute Gasteiger partial charge is 0.508 e. The van der Waals surface area contributed by atoms with Crippen LogP contribution >= 0.6 is 0 Å². The second-order valence-corrected chi connectivity index (χ2v) is 11.7. The maximum absolute atomic E-state index is 13.8. The van der Waals surface area contributed by atoms with E-state index in [1.54, 1.807) is 20.2 Å². The lowest BCUT2D eigenvalue weighted by molar-refractivity contribution is -0.153. The molecule has 0 spiro atoms. The van der Waals surface area contributed by atoms with E-state index in [4.69, 9.17) is 5.73 Å². The number of aliphatic hydroxyl groups excluding tert-OH is 2. The number of nitrogens with zero attached hydrogens (tertiary/aromatic N) is 1. The number of primary amides is 1. The van der Waals surface area contributed by atoms with Gasteiger partial charge in [0.25, 0.3) is 5.91 Å². The van der Waals surface area contributed by atoms with Gasteiger partial charge in [0.15, 0.2) is 11.4 Å². The van der Waals surface area contributed by atoms with Crippen molar-refractivity contribution in [2.24, 2.45) is 23.0 Å². The number of benzene rings is 1. The fraction of sp³-hybridized carbons (Fsp3) is 0.519. The molecule has 0 saturated heterocycles. The highest BCUT2D eigenvalue weighted by Gasteiger charge is 2.64. The first-order valence-corrected chi connectivity index (χ1v) is 12.3. The third kappa shape index (κ3) is 4.13. The van der Waals surface area contributed by atoms with Gasteiger partial charge < -0.3 is 31.5 Å². The molecule has 4 rings (SSSR count). The number of nitrogens with one attached hydrogen (secondary N) is 1. The minimum atomic E-state index is -2.63. The van der Waals surface area contributed by atoms with Crippen LogP contribution in [0.15, 0.2) is 29.0 Å². The lowest BCUT2D eigenvalue weighted by atomic mass is 9.57. The van der Waals surface area contributed by atoms with Crippen molar-refractivity contribution in [3.8, 4) is 5.75 Å². The summed E-state index contributed by atoms with van der Waals surface area (Å²) in [7, 11) is 3.15. The maximum atomic E-state index is 13.8. The van der Waals surface area contributed by atoms with Gasteiger partial charge in [-0.1, -0.05) is 26.8 Å². The molecule has 1 aromatic rings. The van der Waals surface area contributed by atoms with Crippen LogP contribution in [0.1, 0.15) is 43.9 Å². The van der Waals surface area contributed by atoms with Crippen molar-refractivity contribution in [1.29, 1.82) is 0 Å². The predicted octanol–water partition coefficient (Wildman–Crippen LogP) is 1.10. The summed E-state index contributed by atoms with van der Waals surface area (Å²) in [6, 6.07) is 2.11. The fourth-order valence-corrected chi connectivity index (χ4v) is 6.05. The minimum absolute atomic E-state index is 0.0421. The molecule has 0 aromatic heterocycles.